The van der Waals surface area contributed by atoms with Crippen LogP contribution < -0.4 is 0 Å². The van der Waals surface area contributed by atoms with Crippen LogP contribution in [0.25, 0.3) is 0 Å². The Balaban J connectivity index is 1.57. The molecule has 1 amide bonds. The summed E-state index contributed by atoms with van der Waals surface area (Å²) in [5.41, 5.74) is 0. The first-order valence-electron chi connectivity index (χ1n) is 9.52. The van der Waals surface area contributed by atoms with Gasteiger partial charge in [-0.25, -0.2) is 8.42 Å². The van der Waals surface area contributed by atoms with Gasteiger partial charge in [-0.3, -0.25) is 9.69 Å². The minimum Gasteiger partial charge on any atom is -0.339 e. The van der Waals surface area contributed by atoms with E-state index < -0.39 is 10.0 Å². The van der Waals surface area contributed by atoms with Crippen molar-refractivity contribution < 1.29 is 13.2 Å². The smallest absolute Gasteiger partial charge is 0.244 e. The highest BCUT2D eigenvalue weighted by atomic mass is 35.5. The summed E-state index contributed by atoms with van der Waals surface area (Å²) >= 11 is 6.06. The number of benzene rings is 1. The number of hydrogen-bond donors (Lipinski definition) is 0. The number of nitrogens with zero attached hydrogens (tertiary/aromatic N) is 3. The van der Waals surface area contributed by atoms with E-state index in [0.29, 0.717) is 44.6 Å². The van der Waals surface area contributed by atoms with E-state index in [4.69, 9.17) is 11.6 Å². The molecule has 2 fully saturated rings. The average Bonchev–Trinajstić information content (AvgIpc) is 2.61. The van der Waals surface area contributed by atoms with Crippen LogP contribution >= 0.6 is 11.6 Å². The van der Waals surface area contributed by atoms with E-state index in [0.717, 1.165) is 13.1 Å². The van der Waals surface area contributed by atoms with Crippen LogP contribution in [0.3, 0.4) is 0 Å². The van der Waals surface area contributed by atoms with Crippen molar-refractivity contribution in [1.82, 2.24) is 14.1 Å². The first kappa shape index (κ1) is 20.6. The molecule has 0 unspecified atom stereocenters. The fraction of sp³-hybridized carbons (Fsp3) is 0.632. The summed E-state index contributed by atoms with van der Waals surface area (Å²) in [7, 11) is -3.63. The van der Waals surface area contributed by atoms with Gasteiger partial charge < -0.3 is 4.90 Å². The first-order chi connectivity index (χ1) is 12.8. The van der Waals surface area contributed by atoms with E-state index in [9.17, 15) is 13.2 Å². The zero-order chi connectivity index (χ0) is 19.6. The summed E-state index contributed by atoms with van der Waals surface area (Å²) in [6.45, 7) is 8.22. The van der Waals surface area contributed by atoms with Crippen molar-refractivity contribution in [2.45, 2.75) is 25.2 Å². The van der Waals surface area contributed by atoms with Gasteiger partial charge in [0.15, 0.2) is 0 Å². The molecule has 1 aromatic rings. The summed E-state index contributed by atoms with van der Waals surface area (Å²) < 4.78 is 27.0. The number of carbonyl (C=O) groups is 1. The number of likely N-dealkylation sites (tertiary alicyclic amines) is 1. The Bertz CT molecular complexity index is 768. The minimum absolute atomic E-state index is 0.0890. The Hall–Kier alpha value is -1.15. The number of hydrogen-bond acceptors (Lipinski definition) is 4. The van der Waals surface area contributed by atoms with E-state index in [1.807, 2.05) is 0 Å². The second-order valence-corrected chi connectivity index (χ2v) is 10.2. The summed E-state index contributed by atoms with van der Waals surface area (Å²) in [6, 6.07) is 6.47. The Morgan fingerprint density at radius 2 is 1.67 bits per heavy atom. The molecule has 0 spiro atoms. The maximum absolute atomic E-state index is 12.8. The summed E-state index contributed by atoms with van der Waals surface area (Å²) in [6.07, 6.45) is 1.21. The van der Waals surface area contributed by atoms with Crippen LogP contribution in [-0.4, -0.2) is 74.2 Å². The second-order valence-electron chi connectivity index (χ2n) is 7.86. The number of halogens is 1. The number of carbonyl (C=O) groups excluding carboxylic acids is 1. The second kappa shape index (κ2) is 8.47. The van der Waals surface area contributed by atoms with Crippen molar-refractivity contribution in [3.8, 4) is 0 Å². The standard InChI is InChI=1S/C19H28ClN3O3S/c1-15-11-16(2)13-21(12-15)14-19(24)22-7-9-23(10-8-22)27(25,26)18-6-4-3-5-17(18)20/h3-6,15-16H,7-14H2,1-2H3/t15-,16-/m0/s1. The highest BCUT2D eigenvalue weighted by Gasteiger charge is 2.32. The Kier molecular flexibility index (Phi) is 6.46. The summed E-state index contributed by atoms with van der Waals surface area (Å²) in [5, 5.41) is 0.226. The molecule has 27 heavy (non-hydrogen) atoms. The lowest BCUT2D eigenvalue weighted by Crippen LogP contribution is -2.53. The van der Waals surface area contributed by atoms with Crippen LogP contribution in [0.5, 0.6) is 0 Å². The highest BCUT2D eigenvalue weighted by molar-refractivity contribution is 7.89. The third-order valence-electron chi connectivity index (χ3n) is 5.35. The van der Waals surface area contributed by atoms with Gasteiger partial charge in [-0.1, -0.05) is 37.6 Å². The predicted octanol–water partition coefficient (Wildman–Crippen LogP) is 2.15. The van der Waals surface area contributed by atoms with Gasteiger partial charge in [-0.15, -0.1) is 0 Å². The van der Waals surface area contributed by atoms with Crippen molar-refractivity contribution in [2.24, 2.45) is 11.8 Å². The molecule has 0 aromatic heterocycles. The number of rotatable bonds is 4. The van der Waals surface area contributed by atoms with Gasteiger partial charge in [-0.2, -0.15) is 4.31 Å². The van der Waals surface area contributed by atoms with Gasteiger partial charge in [0, 0.05) is 39.3 Å². The molecule has 0 N–H and O–H groups in total. The first-order valence-corrected chi connectivity index (χ1v) is 11.3. The zero-order valence-corrected chi connectivity index (χ0v) is 17.5. The molecule has 2 saturated heterocycles. The number of piperazine rings is 1. The predicted molar refractivity (Wildman–Crippen MR) is 106 cm³/mol. The lowest BCUT2D eigenvalue weighted by Gasteiger charge is -2.38. The van der Waals surface area contributed by atoms with Crippen LogP contribution in [0.15, 0.2) is 29.2 Å². The van der Waals surface area contributed by atoms with Crippen molar-refractivity contribution in [3.05, 3.63) is 29.3 Å². The molecule has 0 bridgehead atoms. The fourth-order valence-electron chi connectivity index (χ4n) is 4.18. The van der Waals surface area contributed by atoms with E-state index in [-0.39, 0.29) is 15.8 Å². The molecule has 1 aromatic carbocycles. The van der Waals surface area contributed by atoms with Gasteiger partial charge in [0.05, 0.1) is 11.6 Å². The Morgan fingerprint density at radius 1 is 1.07 bits per heavy atom. The topological polar surface area (TPSA) is 60.9 Å². The molecule has 2 aliphatic rings. The molecule has 2 heterocycles. The van der Waals surface area contributed by atoms with Gasteiger partial charge in [0.2, 0.25) is 15.9 Å². The van der Waals surface area contributed by atoms with Crippen LogP contribution in [0.4, 0.5) is 0 Å². The van der Waals surface area contributed by atoms with Gasteiger partial charge in [0.1, 0.15) is 4.90 Å². The molecular formula is C19H28ClN3O3S. The van der Waals surface area contributed by atoms with E-state index in [1.54, 1.807) is 23.1 Å². The minimum atomic E-state index is -3.63. The van der Waals surface area contributed by atoms with Crippen molar-refractivity contribution in [3.63, 3.8) is 0 Å². The molecule has 2 aliphatic heterocycles. The Labute approximate surface area is 167 Å². The van der Waals surface area contributed by atoms with E-state index in [2.05, 4.69) is 18.7 Å². The van der Waals surface area contributed by atoms with Crippen LogP contribution in [0.1, 0.15) is 20.3 Å². The maximum atomic E-state index is 12.8. The number of amides is 1. The lowest BCUT2D eigenvalue weighted by molar-refractivity contribution is -0.134. The van der Waals surface area contributed by atoms with Crippen LogP contribution in [0, 0.1) is 11.8 Å². The number of sulfonamides is 1. The monoisotopic (exact) mass is 413 g/mol. The van der Waals surface area contributed by atoms with E-state index >= 15 is 0 Å². The number of piperidine rings is 1. The van der Waals surface area contributed by atoms with Crippen LogP contribution in [-0.2, 0) is 14.8 Å². The third kappa shape index (κ3) is 4.83. The molecule has 150 valence electrons. The maximum Gasteiger partial charge on any atom is 0.244 e. The molecule has 6 nitrogen and oxygen atoms in total. The van der Waals surface area contributed by atoms with Crippen LogP contribution in [0.2, 0.25) is 5.02 Å². The third-order valence-corrected chi connectivity index (χ3v) is 7.75. The van der Waals surface area contributed by atoms with Crippen molar-refractivity contribution in [1.29, 1.82) is 0 Å². The van der Waals surface area contributed by atoms with Gasteiger partial charge in [0.25, 0.3) is 0 Å². The largest absolute Gasteiger partial charge is 0.339 e. The average molecular weight is 414 g/mol. The molecular weight excluding hydrogens is 386 g/mol. The summed E-state index contributed by atoms with van der Waals surface area (Å²) in [4.78, 5) is 16.8. The van der Waals surface area contributed by atoms with Gasteiger partial charge >= 0.3 is 0 Å². The van der Waals surface area contributed by atoms with Crippen molar-refractivity contribution in [2.75, 3.05) is 45.8 Å². The van der Waals surface area contributed by atoms with Gasteiger partial charge in [-0.05, 0) is 30.4 Å². The molecule has 2 atom stereocenters. The molecule has 3 rings (SSSR count). The normalized spacial score (nSPS) is 25.5. The molecule has 8 heteroatoms. The zero-order valence-electron chi connectivity index (χ0n) is 16.0. The lowest BCUT2D eigenvalue weighted by atomic mass is 9.92. The van der Waals surface area contributed by atoms with Crippen molar-refractivity contribution >= 4 is 27.5 Å². The molecule has 0 aliphatic carbocycles. The quantitative estimate of drug-likeness (QED) is 0.758. The Morgan fingerprint density at radius 3 is 2.26 bits per heavy atom. The summed E-state index contributed by atoms with van der Waals surface area (Å²) in [5.74, 6) is 1.31. The van der Waals surface area contributed by atoms with E-state index in [1.165, 1.54) is 16.8 Å². The molecule has 0 saturated carbocycles. The SMILES string of the molecule is C[C@H]1C[C@H](C)CN(CC(=O)N2CCN(S(=O)(=O)c3ccccc3Cl)CC2)C1. The molecule has 0 radical (unpaired) electrons. The fourth-order valence-corrected chi connectivity index (χ4v) is 6.10. The highest BCUT2D eigenvalue weighted by Crippen LogP contribution is 2.25.